The van der Waals surface area contributed by atoms with Gasteiger partial charge in [-0.1, -0.05) is 31.9 Å². The predicted molar refractivity (Wildman–Crippen MR) is 77.5 cm³/mol. The molecule has 0 aliphatic heterocycles. The van der Waals surface area contributed by atoms with E-state index in [0.29, 0.717) is 17.8 Å². The molecule has 0 fully saturated rings. The number of benzene rings is 1. The minimum atomic E-state index is -0.0859. The first-order valence-electron chi connectivity index (χ1n) is 6.75. The molecule has 0 aliphatic rings. The van der Waals surface area contributed by atoms with Crippen molar-refractivity contribution >= 4 is 17.4 Å². The number of hydrogen-bond donors (Lipinski definition) is 2. The second-order valence-electron chi connectivity index (χ2n) is 4.57. The minimum absolute atomic E-state index is 0.00575. The zero-order valence-electron chi connectivity index (χ0n) is 11.7. The van der Waals surface area contributed by atoms with E-state index in [4.69, 9.17) is 0 Å². The van der Waals surface area contributed by atoms with E-state index in [1.807, 2.05) is 0 Å². The zero-order valence-corrected chi connectivity index (χ0v) is 11.7. The second kappa shape index (κ2) is 8.43. The summed E-state index contributed by atoms with van der Waals surface area (Å²) in [7, 11) is 0. The van der Waals surface area contributed by atoms with Crippen LogP contribution in [0.25, 0.3) is 0 Å². The van der Waals surface area contributed by atoms with Crippen LogP contribution in [0.3, 0.4) is 0 Å². The van der Waals surface area contributed by atoms with Gasteiger partial charge >= 0.3 is 0 Å². The maximum absolute atomic E-state index is 11.7. The van der Waals surface area contributed by atoms with E-state index in [2.05, 4.69) is 17.6 Å². The summed E-state index contributed by atoms with van der Waals surface area (Å²) in [6.45, 7) is 4.81. The molecule has 104 valence electrons. The maximum atomic E-state index is 11.7. The Kier molecular flexibility index (Phi) is 6.82. The van der Waals surface area contributed by atoms with Crippen molar-refractivity contribution in [3.8, 4) is 0 Å². The average molecular weight is 262 g/mol. The molecule has 4 heteroatoms. The third-order valence-corrected chi connectivity index (χ3v) is 2.80. The highest BCUT2D eigenvalue weighted by molar-refractivity contribution is 5.97. The van der Waals surface area contributed by atoms with Gasteiger partial charge in [-0.25, -0.2) is 0 Å². The smallest absolute Gasteiger partial charge is 0.238 e. The van der Waals surface area contributed by atoms with Crippen LogP contribution in [0.15, 0.2) is 24.3 Å². The lowest BCUT2D eigenvalue weighted by Crippen LogP contribution is -2.28. The number of nitrogens with one attached hydrogen (secondary N) is 2. The molecule has 0 saturated carbocycles. The van der Waals surface area contributed by atoms with E-state index in [9.17, 15) is 9.59 Å². The number of rotatable bonds is 8. The largest absolute Gasteiger partial charge is 0.325 e. The van der Waals surface area contributed by atoms with Crippen LogP contribution in [-0.2, 0) is 4.79 Å². The van der Waals surface area contributed by atoms with Crippen molar-refractivity contribution < 1.29 is 9.59 Å². The standard InChI is InChI=1S/C15H22N2O2/c1-3-4-5-9-16-11-15(19)17-14-8-6-7-13(10-14)12(2)18/h6-8,10,16H,3-5,9,11H2,1-2H3,(H,17,19). The highest BCUT2D eigenvalue weighted by Gasteiger charge is 2.04. The van der Waals surface area contributed by atoms with Crippen LogP contribution < -0.4 is 10.6 Å². The second-order valence-corrected chi connectivity index (χ2v) is 4.57. The predicted octanol–water partition coefficient (Wildman–Crippen LogP) is 2.61. The molecule has 2 N–H and O–H groups in total. The van der Waals surface area contributed by atoms with E-state index in [1.165, 1.54) is 19.8 Å². The fourth-order valence-corrected chi connectivity index (χ4v) is 1.72. The molecule has 0 heterocycles. The molecule has 1 aromatic rings. The molecule has 0 aliphatic carbocycles. The fraction of sp³-hybridized carbons (Fsp3) is 0.467. The van der Waals surface area contributed by atoms with Crippen LogP contribution in [0.2, 0.25) is 0 Å². The fourth-order valence-electron chi connectivity index (χ4n) is 1.72. The molecule has 0 spiro atoms. The van der Waals surface area contributed by atoms with Gasteiger partial charge in [-0.2, -0.15) is 0 Å². The minimum Gasteiger partial charge on any atom is -0.325 e. The number of hydrogen-bond acceptors (Lipinski definition) is 3. The van der Waals surface area contributed by atoms with E-state index in [-0.39, 0.29) is 11.7 Å². The molecule has 0 aromatic heterocycles. The van der Waals surface area contributed by atoms with Gasteiger partial charge in [0.1, 0.15) is 0 Å². The normalized spacial score (nSPS) is 10.2. The van der Waals surface area contributed by atoms with Crippen LogP contribution in [0.4, 0.5) is 5.69 Å². The summed E-state index contributed by atoms with van der Waals surface area (Å²) in [5, 5.41) is 5.87. The monoisotopic (exact) mass is 262 g/mol. The van der Waals surface area contributed by atoms with Crippen LogP contribution in [0.5, 0.6) is 0 Å². The third kappa shape index (κ3) is 6.15. The van der Waals surface area contributed by atoms with Crippen molar-refractivity contribution in [1.29, 1.82) is 0 Å². The summed E-state index contributed by atoms with van der Waals surface area (Å²) >= 11 is 0. The summed E-state index contributed by atoms with van der Waals surface area (Å²) in [6.07, 6.45) is 3.44. The lowest BCUT2D eigenvalue weighted by molar-refractivity contribution is -0.115. The Morgan fingerprint density at radius 2 is 2.00 bits per heavy atom. The van der Waals surface area contributed by atoms with Crippen LogP contribution >= 0.6 is 0 Å². The Hall–Kier alpha value is -1.68. The first-order valence-corrected chi connectivity index (χ1v) is 6.75. The number of unbranched alkanes of at least 4 members (excludes halogenated alkanes) is 2. The third-order valence-electron chi connectivity index (χ3n) is 2.80. The van der Waals surface area contributed by atoms with Crippen molar-refractivity contribution in [1.82, 2.24) is 5.32 Å². The van der Waals surface area contributed by atoms with Crippen LogP contribution in [0.1, 0.15) is 43.5 Å². The molecule has 0 atom stereocenters. The van der Waals surface area contributed by atoms with Gasteiger partial charge in [0.2, 0.25) is 5.91 Å². The molecule has 0 unspecified atom stereocenters. The highest BCUT2D eigenvalue weighted by Crippen LogP contribution is 2.10. The Morgan fingerprint density at radius 1 is 1.21 bits per heavy atom. The van der Waals surface area contributed by atoms with Crippen molar-refractivity contribution in [3.63, 3.8) is 0 Å². The molecule has 4 nitrogen and oxygen atoms in total. The molecule has 19 heavy (non-hydrogen) atoms. The Morgan fingerprint density at radius 3 is 2.68 bits per heavy atom. The molecule has 1 amide bonds. The molecule has 0 saturated heterocycles. The van der Waals surface area contributed by atoms with Gasteiger partial charge in [-0.15, -0.1) is 0 Å². The van der Waals surface area contributed by atoms with Crippen molar-refractivity contribution in [2.75, 3.05) is 18.4 Å². The summed E-state index contributed by atoms with van der Waals surface area (Å²) < 4.78 is 0. The molecular weight excluding hydrogens is 240 g/mol. The van der Waals surface area contributed by atoms with Gasteiger partial charge in [0.05, 0.1) is 6.54 Å². The van der Waals surface area contributed by atoms with Crippen LogP contribution in [-0.4, -0.2) is 24.8 Å². The Labute approximate surface area is 114 Å². The van der Waals surface area contributed by atoms with Gasteiger partial charge in [-0.05, 0) is 32.0 Å². The lowest BCUT2D eigenvalue weighted by Gasteiger charge is -2.07. The van der Waals surface area contributed by atoms with E-state index in [0.717, 1.165) is 13.0 Å². The van der Waals surface area contributed by atoms with Gasteiger partial charge in [0, 0.05) is 11.3 Å². The van der Waals surface area contributed by atoms with E-state index >= 15 is 0 Å². The highest BCUT2D eigenvalue weighted by atomic mass is 16.2. The number of carbonyl (C=O) groups is 2. The Balaban J connectivity index is 2.35. The number of Topliss-reactive ketones (excluding diaryl/α,β-unsaturated/α-hetero) is 1. The van der Waals surface area contributed by atoms with Gasteiger partial charge < -0.3 is 10.6 Å². The van der Waals surface area contributed by atoms with Gasteiger partial charge in [-0.3, -0.25) is 9.59 Å². The average Bonchev–Trinajstić information content (AvgIpc) is 2.38. The molecular formula is C15H22N2O2. The molecule has 0 radical (unpaired) electrons. The number of carbonyl (C=O) groups excluding carboxylic acids is 2. The summed E-state index contributed by atoms with van der Waals surface area (Å²) in [5.41, 5.74) is 1.27. The topological polar surface area (TPSA) is 58.2 Å². The number of amides is 1. The number of anilines is 1. The zero-order chi connectivity index (χ0) is 14.1. The van der Waals surface area contributed by atoms with Crippen molar-refractivity contribution in [3.05, 3.63) is 29.8 Å². The number of ketones is 1. The molecule has 1 rings (SSSR count). The maximum Gasteiger partial charge on any atom is 0.238 e. The lowest BCUT2D eigenvalue weighted by atomic mass is 10.1. The summed E-state index contributed by atoms with van der Waals surface area (Å²) in [5.74, 6) is -0.0917. The summed E-state index contributed by atoms with van der Waals surface area (Å²) in [6, 6.07) is 6.97. The Bertz CT molecular complexity index is 430. The van der Waals surface area contributed by atoms with Crippen molar-refractivity contribution in [2.24, 2.45) is 0 Å². The first kappa shape index (κ1) is 15.4. The van der Waals surface area contributed by atoms with Crippen LogP contribution in [0, 0.1) is 0 Å². The van der Waals surface area contributed by atoms with E-state index < -0.39 is 0 Å². The van der Waals surface area contributed by atoms with Crippen molar-refractivity contribution in [2.45, 2.75) is 33.1 Å². The van der Waals surface area contributed by atoms with Gasteiger partial charge in [0.15, 0.2) is 5.78 Å². The molecule has 1 aromatic carbocycles. The van der Waals surface area contributed by atoms with Gasteiger partial charge in [0.25, 0.3) is 0 Å². The first-order chi connectivity index (χ1) is 9.13. The molecule has 0 bridgehead atoms. The van der Waals surface area contributed by atoms with E-state index in [1.54, 1.807) is 24.3 Å². The quantitative estimate of drug-likeness (QED) is 0.559. The summed E-state index contributed by atoms with van der Waals surface area (Å²) in [4.78, 5) is 22.9. The SMILES string of the molecule is CCCCCNCC(=O)Nc1cccc(C(C)=O)c1.